The van der Waals surface area contributed by atoms with Crippen LogP contribution in [0.1, 0.15) is 21.6 Å². The highest BCUT2D eigenvalue weighted by Crippen LogP contribution is 2.14. The van der Waals surface area contributed by atoms with Crippen LogP contribution in [0, 0.1) is 0 Å². The van der Waals surface area contributed by atoms with Crippen LogP contribution in [0.4, 0.5) is 0 Å². The predicted octanol–water partition coefficient (Wildman–Crippen LogP) is 2.35. The molecule has 7 nitrogen and oxygen atoms in total. The molecule has 0 radical (unpaired) electrons. The average Bonchev–Trinajstić information content (AvgIpc) is 2.76. The fraction of sp³-hybridized carbons (Fsp3) is 0.318. The Labute approximate surface area is 179 Å². The number of carbonyl (C=O) groups excluding carboxylic acids is 1. The quantitative estimate of drug-likeness (QED) is 0.677. The molecule has 30 heavy (non-hydrogen) atoms. The van der Waals surface area contributed by atoms with Gasteiger partial charge in [-0.05, 0) is 23.8 Å². The smallest absolute Gasteiger partial charge is 0.257 e. The van der Waals surface area contributed by atoms with Crippen LogP contribution in [0.2, 0.25) is 5.02 Å². The number of rotatable bonds is 5. The molecule has 1 saturated heterocycles. The largest absolute Gasteiger partial charge is 0.379 e. The lowest BCUT2D eigenvalue weighted by Crippen LogP contribution is -2.36. The first-order chi connectivity index (χ1) is 14.5. The van der Waals surface area contributed by atoms with Gasteiger partial charge in [-0.15, -0.1) is 0 Å². The van der Waals surface area contributed by atoms with Crippen molar-refractivity contribution in [3.63, 3.8) is 0 Å². The Balaban J connectivity index is 1.58. The van der Waals surface area contributed by atoms with E-state index in [2.05, 4.69) is 15.2 Å². The topological polar surface area (TPSA) is 76.5 Å². The molecule has 0 bridgehead atoms. The van der Waals surface area contributed by atoms with Crippen LogP contribution in [0.5, 0.6) is 0 Å². The van der Waals surface area contributed by atoms with Gasteiger partial charge in [0.15, 0.2) is 0 Å². The minimum absolute atomic E-state index is 0.113. The van der Waals surface area contributed by atoms with Crippen molar-refractivity contribution in [2.45, 2.75) is 13.1 Å². The number of hydrogen-bond donors (Lipinski definition) is 1. The third-order valence-corrected chi connectivity index (χ3v) is 5.48. The Morgan fingerprint density at radius 1 is 1.23 bits per heavy atom. The fourth-order valence-electron chi connectivity index (χ4n) is 3.54. The molecule has 0 atom stereocenters. The maximum atomic E-state index is 13.1. The number of morpholine rings is 1. The van der Waals surface area contributed by atoms with E-state index in [1.807, 2.05) is 12.1 Å². The molecule has 1 N–H and O–H groups in total. The standard InChI is InChI=1S/C22H23ClN4O3/c1-26-14-19(22(29)25-11-15-2-4-16(23)5-3-15)21(28)18-10-17(24-12-20(18)26)13-27-6-8-30-9-7-27/h2-5,10,12,14H,6-9,11,13H2,1H3,(H,25,29). The van der Waals surface area contributed by atoms with E-state index >= 15 is 0 Å². The number of nitrogens with zero attached hydrogens (tertiary/aromatic N) is 3. The summed E-state index contributed by atoms with van der Waals surface area (Å²) in [5, 5.41) is 3.94. The van der Waals surface area contributed by atoms with E-state index in [4.69, 9.17) is 16.3 Å². The summed E-state index contributed by atoms with van der Waals surface area (Å²) in [6.45, 7) is 4.04. The molecule has 3 heterocycles. The number of carbonyl (C=O) groups is 1. The Morgan fingerprint density at radius 2 is 1.97 bits per heavy atom. The highest BCUT2D eigenvalue weighted by Gasteiger charge is 2.17. The molecule has 2 aromatic heterocycles. The lowest BCUT2D eigenvalue weighted by molar-refractivity contribution is 0.0337. The molecular weight excluding hydrogens is 404 g/mol. The summed E-state index contributed by atoms with van der Waals surface area (Å²) in [6, 6.07) is 9.00. The minimum atomic E-state index is -0.404. The highest BCUT2D eigenvalue weighted by molar-refractivity contribution is 6.30. The Morgan fingerprint density at radius 3 is 2.70 bits per heavy atom. The molecule has 0 spiro atoms. The molecule has 1 aromatic carbocycles. The van der Waals surface area contributed by atoms with Gasteiger partial charge in [0.1, 0.15) is 5.56 Å². The second kappa shape index (κ2) is 8.95. The van der Waals surface area contributed by atoms with Gasteiger partial charge in [0.25, 0.3) is 5.91 Å². The van der Waals surface area contributed by atoms with Crippen molar-refractivity contribution >= 4 is 28.4 Å². The molecule has 0 saturated carbocycles. The SMILES string of the molecule is Cn1cc(C(=O)NCc2ccc(Cl)cc2)c(=O)c2cc(CN3CCOCC3)ncc21. The fourth-order valence-corrected chi connectivity index (χ4v) is 3.66. The number of amides is 1. The zero-order valence-electron chi connectivity index (χ0n) is 16.7. The van der Waals surface area contributed by atoms with E-state index in [-0.39, 0.29) is 11.0 Å². The van der Waals surface area contributed by atoms with E-state index in [9.17, 15) is 9.59 Å². The van der Waals surface area contributed by atoms with Gasteiger partial charge in [-0.25, -0.2) is 0 Å². The van der Waals surface area contributed by atoms with E-state index in [1.165, 1.54) is 0 Å². The first-order valence-corrected chi connectivity index (χ1v) is 10.2. The number of fused-ring (bicyclic) bond motifs is 1. The monoisotopic (exact) mass is 426 g/mol. The van der Waals surface area contributed by atoms with E-state index < -0.39 is 5.91 Å². The number of ether oxygens (including phenoxy) is 1. The van der Waals surface area contributed by atoms with Crippen molar-refractivity contribution < 1.29 is 9.53 Å². The number of hydrogen-bond acceptors (Lipinski definition) is 5. The number of pyridine rings is 2. The maximum absolute atomic E-state index is 13.1. The molecule has 1 amide bonds. The summed E-state index contributed by atoms with van der Waals surface area (Å²) < 4.78 is 7.14. The summed E-state index contributed by atoms with van der Waals surface area (Å²) in [6.07, 6.45) is 3.26. The van der Waals surface area contributed by atoms with Crippen molar-refractivity contribution in [2.24, 2.45) is 7.05 Å². The molecular formula is C22H23ClN4O3. The molecule has 156 valence electrons. The van der Waals surface area contributed by atoms with Crippen molar-refractivity contribution in [1.82, 2.24) is 19.8 Å². The molecule has 1 aliphatic heterocycles. The van der Waals surface area contributed by atoms with Gasteiger partial charge in [-0.2, -0.15) is 0 Å². The highest BCUT2D eigenvalue weighted by atomic mass is 35.5. The second-order valence-corrected chi connectivity index (χ2v) is 7.81. The van der Waals surface area contributed by atoms with Crippen molar-refractivity contribution in [3.05, 3.63) is 74.8 Å². The zero-order chi connectivity index (χ0) is 21.1. The van der Waals surface area contributed by atoms with Crippen LogP contribution in [0.25, 0.3) is 10.9 Å². The molecule has 4 rings (SSSR count). The van der Waals surface area contributed by atoms with Gasteiger partial charge in [-0.1, -0.05) is 23.7 Å². The van der Waals surface area contributed by atoms with Gasteiger partial charge in [0, 0.05) is 49.8 Å². The number of halogens is 1. The third-order valence-electron chi connectivity index (χ3n) is 5.23. The summed E-state index contributed by atoms with van der Waals surface area (Å²) in [5.74, 6) is -0.404. The second-order valence-electron chi connectivity index (χ2n) is 7.37. The average molecular weight is 427 g/mol. The Kier molecular flexibility index (Phi) is 6.13. The van der Waals surface area contributed by atoms with Crippen molar-refractivity contribution in [3.8, 4) is 0 Å². The number of aromatic nitrogens is 2. The third kappa shape index (κ3) is 4.53. The number of aryl methyl sites for hydroxylation is 1. The van der Waals surface area contributed by atoms with Crippen LogP contribution >= 0.6 is 11.6 Å². The summed E-state index contributed by atoms with van der Waals surface area (Å²) in [7, 11) is 1.81. The number of nitrogens with one attached hydrogen (secondary N) is 1. The zero-order valence-corrected chi connectivity index (χ0v) is 17.5. The summed E-state index contributed by atoms with van der Waals surface area (Å²) in [5.41, 5.74) is 2.23. The molecule has 3 aromatic rings. The Bertz CT molecular complexity index is 1120. The first-order valence-electron chi connectivity index (χ1n) is 9.82. The molecule has 0 aliphatic carbocycles. The summed E-state index contributed by atoms with van der Waals surface area (Å²) >= 11 is 5.89. The van der Waals surface area contributed by atoms with Crippen LogP contribution in [-0.2, 0) is 24.9 Å². The van der Waals surface area contributed by atoms with Crippen molar-refractivity contribution in [1.29, 1.82) is 0 Å². The van der Waals surface area contributed by atoms with Crippen LogP contribution in [0.15, 0.2) is 47.5 Å². The van der Waals surface area contributed by atoms with Gasteiger partial charge in [0.05, 0.1) is 30.6 Å². The van der Waals surface area contributed by atoms with Gasteiger partial charge >= 0.3 is 0 Å². The van der Waals surface area contributed by atoms with Gasteiger partial charge in [-0.3, -0.25) is 19.5 Å². The maximum Gasteiger partial charge on any atom is 0.257 e. The van der Waals surface area contributed by atoms with Crippen LogP contribution < -0.4 is 10.7 Å². The predicted molar refractivity (Wildman–Crippen MR) is 116 cm³/mol. The minimum Gasteiger partial charge on any atom is -0.379 e. The molecule has 1 aliphatic rings. The van der Waals surface area contributed by atoms with Crippen molar-refractivity contribution in [2.75, 3.05) is 26.3 Å². The normalized spacial score (nSPS) is 14.7. The molecule has 0 unspecified atom stereocenters. The van der Waals surface area contributed by atoms with E-state index in [1.54, 1.807) is 42.2 Å². The van der Waals surface area contributed by atoms with E-state index in [0.717, 1.165) is 24.3 Å². The lowest BCUT2D eigenvalue weighted by Gasteiger charge is -2.26. The van der Waals surface area contributed by atoms with Crippen LogP contribution in [-0.4, -0.2) is 46.7 Å². The van der Waals surface area contributed by atoms with Crippen LogP contribution in [0.3, 0.4) is 0 Å². The molecule has 8 heteroatoms. The van der Waals surface area contributed by atoms with Gasteiger partial charge < -0.3 is 14.6 Å². The molecule has 1 fully saturated rings. The lowest BCUT2D eigenvalue weighted by atomic mass is 10.1. The van der Waals surface area contributed by atoms with E-state index in [0.29, 0.717) is 42.2 Å². The van der Waals surface area contributed by atoms with Gasteiger partial charge in [0.2, 0.25) is 5.43 Å². The first kappa shape index (κ1) is 20.5. The summed E-state index contributed by atoms with van der Waals surface area (Å²) in [4.78, 5) is 32.5. The Hall–Kier alpha value is -2.74. The number of benzene rings is 1.